The number of hydrogen-bond acceptors (Lipinski definition) is 6. The number of amides is 1. The van der Waals surface area contributed by atoms with Crippen LogP contribution in [0.25, 0.3) is 20.7 Å². The van der Waals surface area contributed by atoms with E-state index in [-0.39, 0.29) is 16.7 Å². The zero-order valence-electron chi connectivity index (χ0n) is 13.7. The van der Waals surface area contributed by atoms with Gasteiger partial charge in [-0.25, -0.2) is 4.98 Å². The molecule has 1 N–H and O–H groups in total. The Labute approximate surface area is 157 Å². The van der Waals surface area contributed by atoms with Gasteiger partial charge >= 0.3 is 0 Å². The molecule has 130 valence electrons. The van der Waals surface area contributed by atoms with Gasteiger partial charge < -0.3 is 5.32 Å². The van der Waals surface area contributed by atoms with Crippen molar-refractivity contribution in [2.24, 2.45) is 7.05 Å². The number of thiophene rings is 2. The molecule has 8 heteroatoms. The lowest BCUT2D eigenvalue weighted by molar-refractivity contribution is -0.120. The SMILES string of the molecule is Cn1c(SC2CCCCNC2=O)nc2scc(-c3cccs3)c2c1=O. The average Bonchev–Trinajstić information content (AvgIpc) is 3.22. The van der Waals surface area contributed by atoms with E-state index in [9.17, 15) is 9.59 Å². The molecule has 1 amide bonds. The molecule has 3 aromatic rings. The molecule has 4 heterocycles. The molecule has 1 saturated heterocycles. The van der Waals surface area contributed by atoms with Crippen LogP contribution in [0.2, 0.25) is 0 Å². The summed E-state index contributed by atoms with van der Waals surface area (Å²) in [5.74, 6) is 0.0438. The minimum Gasteiger partial charge on any atom is -0.355 e. The molecule has 0 aromatic carbocycles. The molecule has 0 bridgehead atoms. The molecule has 0 spiro atoms. The van der Waals surface area contributed by atoms with Gasteiger partial charge in [-0.15, -0.1) is 22.7 Å². The number of thioether (sulfide) groups is 1. The van der Waals surface area contributed by atoms with Crippen LogP contribution in [0.15, 0.2) is 32.8 Å². The zero-order valence-corrected chi connectivity index (χ0v) is 16.1. The second-order valence-electron chi connectivity index (χ2n) is 5.96. The number of fused-ring (bicyclic) bond motifs is 1. The van der Waals surface area contributed by atoms with Gasteiger partial charge in [-0.3, -0.25) is 14.2 Å². The van der Waals surface area contributed by atoms with E-state index in [4.69, 9.17) is 4.98 Å². The van der Waals surface area contributed by atoms with E-state index in [2.05, 4.69) is 5.32 Å². The van der Waals surface area contributed by atoms with E-state index in [1.807, 2.05) is 22.9 Å². The Morgan fingerprint density at radius 2 is 2.20 bits per heavy atom. The van der Waals surface area contributed by atoms with Crippen molar-refractivity contribution in [2.45, 2.75) is 29.7 Å². The number of rotatable bonds is 3. The minimum atomic E-state index is -0.185. The van der Waals surface area contributed by atoms with Crippen molar-refractivity contribution >= 4 is 50.6 Å². The van der Waals surface area contributed by atoms with Crippen LogP contribution in [0.1, 0.15) is 19.3 Å². The van der Waals surface area contributed by atoms with Crippen molar-refractivity contribution in [2.75, 3.05) is 6.54 Å². The highest BCUT2D eigenvalue weighted by atomic mass is 32.2. The number of carbonyl (C=O) groups is 1. The first-order valence-corrected chi connectivity index (χ1v) is 10.8. The number of hydrogen-bond donors (Lipinski definition) is 1. The van der Waals surface area contributed by atoms with Gasteiger partial charge in [0.15, 0.2) is 5.16 Å². The van der Waals surface area contributed by atoms with E-state index in [0.717, 1.165) is 41.1 Å². The van der Waals surface area contributed by atoms with Crippen LogP contribution in [0.3, 0.4) is 0 Å². The van der Waals surface area contributed by atoms with Gasteiger partial charge in [0.1, 0.15) is 4.83 Å². The predicted octanol–water partition coefficient (Wildman–Crippen LogP) is 3.48. The Morgan fingerprint density at radius 1 is 1.32 bits per heavy atom. The molecule has 3 aromatic heterocycles. The second kappa shape index (κ2) is 6.93. The third-order valence-corrected chi connectivity index (χ3v) is 7.38. The smallest absolute Gasteiger partial charge is 0.263 e. The molecule has 1 aliphatic heterocycles. The van der Waals surface area contributed by atoms with E-state index in [0.29, 0.717) is 10.5 Å². The van der Waals surface area contributed by atoms with Crippen LogP contribution in [0.5, 0.6) is 0 Å². The number of carbonyl (C=O) groups excluding carboxylic acids is 1. The van der Waals surface area contributed by atoms with Crippen molar-refractivity contribution in [1.82, 2.24) is 14.9 Å². The first kappa shape index (κ1) is 16.8. The molecule has 1 unspecified atom stereocenters. The minimum absolute atomic E-state index is 0.0438. The van der Waals surface area contributed by atoms with E-state index in [1.54, 1.807) is 23.0 Å². The topological polar surface area (TPSA) is 64.0 Å². The van der Waals surface area contributed by atoms with Crippen molar-refractivity contribution in [3.8, 4) is 10.4 Å². The Morgan fingerprint density at radius 3 is 3.00 bits per heavy atom. The lowest BCUT2D eigenvalue weighted by Gasteiger charge is -2.14. The molecule has 25 heavy (non-hydrogen) atoms. The Bertz CT molecular complexity index is 975. The molecule has 1 fully saturated rings. The summed E-state index contributed by atoms with van der Waals surface area (Å²) in [5.41, 5.74) is 0.901. The fraction of sp³-hybridized carbons (Fsp3) is 0.353. The third-order valence-electron chi connectivity index (χ3n) is 4.29. The molecular formula is C17H17N3O2S3. The van der Waals surface area contributed by atoms with Crippen molar-refractivity contribution < 1.29 is 4.79 Å². The summed E-state index contributed by atoms with van der Waals surface area (Å²) in [6.07, 6.45) is 2.83. The van der Waals surface area contributed by atoms with Gasteiger partial charge in [0.05, 0.1) is 10.6 Å². The molecule has 5 nitrogen and oxygen atoms in total. The Hall–Kier alpha value is -1.64. The van der Waals surface area contributed by atoms with Crippen LogP contribution in [0.4, 0.5) is 0 Å². The average molecular weight is 392 g/mol. The van der Waals surface area contributed by atoms with Gasteiger partial charge in [-0.1, -0.05) is 24.2 Å². The van der Waals surface area contributed by atoms with Crippen molar-refractivity contribution in [3.05, 3.63) is 33.2 Å². The van der Waals surface area contributed by atoms with Gasteiger partial charge in [-0.2, -0.15) is 0 Å². The summed E-state index contributed by atoms with van der Waals surface area (Å²) in [7, 11) is 1.74. The quantitative estimate of drug-likeness (QED) is 0.694. The monoisotopic (exact) mass is 391 g/mol. The highest BCUT2D eigenvalue weighted by molar-refractivity contribution is 8.00. The highest BCUT2D eigenvalue weighted by Gasteiger charge is 2.25. The van der Waals surface area contributed by atoms with Gasteiger partial charge in [-0.05, 0) is 24.3 Å². The van der Waals surface area contributed by atoms with E-state index >= 15 is 0 Å². The number of nitrogens with zero attached hydrogens (tertiary/aromatic N) is 2. The summed E-state index contributed by atoms with van der Waals surface area (Å²) in [6, 6.07) is 4.00. The standard InChI is InChI=1S/C17H17N3O2S3/c1-20-16(22)13-10(11-6-4-8-23-11)9-24-15(13)19-17(20)25-12-5-2-3-7-18-14(12)21/h4,6,8-9,12H,2-3,5,7H2,1H3,(H,18,21). The molecule has 0 aliphatic carbocycles. The normalized spacial score (nSPS) is 18.3. The Kier molecular flexibility index (Phi) is 4.66. The summed E-state index contributed by atoms with van der Waals surface area (Å²) in [5, 5.41) is 8.04. The number of aromatic nitrogens is 2. The van der Waals surface area contributed by atoms with Crippen LogP contribution in [-0.2, 0) is 11.8 Å². The summed E-state index contributed by atoms with van der Waals surface area (Å²) in [4.78, 5) is 31.6. The van der Waals surface area contributed by atoms with E-state index < -0.39 is 0 Å². The maximum atomic E-state index is 12.9. The second-order valence-corrected chi connectivity index (χ2v) is 8.93. The lowest BCUT2D eigenvalue weighted by Crippen LogP contribution is -2.31. The van der Waals surface area contributed by atoms with Gasteiger partial charge in [0.25, 0.3) is 5.56 Å². The van der Waals surface area contributed by atoms with Crippen LogP contribution in [-0.4, -0.2) is 27.3 Å². The lowest BCUT2D eigenvalue weighted by atomic mass is 10.2. The van der Waals surface area contributed by atoms with E-state index in [1.165, 1.54) is 23.1 Å². The first-order valence-electron chi connectivity index (χ1n) is 8.11. The summed E-state index contributed by atoms with van der Waals surface area (Å²) < 4.78 is 1.58. The molecule has 1 atom stereocenters. The van der Waals surface area contributed by atoms with Crippen LogP contribution in [0, 0.1) is 0 Å². The fourth-order valence-electron chi connectivity index (χ4n) is 2.92. The van der Waals surface area contributed by atoms with Crippen molar-refractivity contribution in [3.63, 3.8) is 0 Å². The highest BCUT2D eigenvalue weighted by Crippen LogP contribution is 2.35. The number of nitrogens with one attached hydrogen (secondary N) is 1. The molecular weight excluding hydrogens is 374 g/mol. The zero-order chi connectivity index (χ0) is 17.4. The third kappa shape index (κ3) is 3.14. The molecule has 4 rings (SSSR count). The van der Waals surface area contributed by atoms with Crippen LogP contribution < -0.4 is 10.9 Å². The predicted molar refractivity (Wildman–Crippen MR) is 105 cm³/mol. The fourth-order valence-corrected chi connectivity index (χ4v) is 5.85. The largest absolute Gasteiger partial charge is 0.355 e. The molecule has 0 radical (unpaired) electrons. The summed E-state index contributed by atoms with van der Waals surface area (Å²) in [6.45, 7) is 0.733. The maximum absolute atomic E-state index is 12.9. The first-order chi connectivity index (χ1) is 12.1. The Balaban J connectivity index is 1.75. The maximum Gasteiger partial charge on any atom is 0.263 e. The van der Waals surface area contributed by atoms with Crippen LogP contribution >= 0.6 is 34.4 Å². The summed E-state index contributed by atoms with van der Waals surface area (Å²) >= 11 is 4.50. The van der Waals surface area contributed by atoms with Crippen molar-refractivity contribution in [1.29, 1.82) is 0 Å². The van der Waals surface area contributed by atoms with Gasteiger partial charge in [0, 0.05) is 29.4 Å². The molecule has 0 saturated carbocycles. The molecule has 1 aliphatic rings. The van der Waals surface area contributed by atoms with Gasteiger partial charge in [0.2, 0.25) is 5.91 Å².